The quantitative estimate of drug-likeness (QED) is 0.468. The van der Waals surface area contributed by atoms with Crippen LogP contribution in [0, 0.1) is 5.92 Å². The molecular formula is C22H28O3. The van der Waals surface area contributed by atoms with Gasteiger partial charge in [-0.3, -0.25) is 0 Å². The number of aromatic hydroxyl groups is 2. The van der Waals surface area contributed by atoms with E-state index in [1.165, 1.54) is 11.6 Å². The molecule has 134 valence electrons. The van der Waals surface area contributed by atoms with Crippen molar-refractivity contribution in [3.63, 3.8) is 0 Å². The zero-order valence-corrected chi connectivity index (χ0v) is 15.0. The summed E-state index contributed by atoms with van der Waals surface area (Å²) in [5, 5.41) is 28.9. The molecule has 1 atom stereocenters. The third-order valence-electron chi connectivity index (χ3n) is 4.33. The van der Waals surface area contributed by atoms with Crippen LogP contribution >= 0.6 is 0 Å². The first-order valence-corrected chi connectivity index (χ1v) is 8.92. The summed E-state index contributed by atoms with van der Waals surface area (Å²) in [4.78, 5) is 0. The number of hydrogen-bond donors (Lipinski definition) is 3. The number of hydrogen-bond acceptors (Lipinski definition) is 3. The Morgan fingerprint density at radius 3 is 2.24 bits per heavy atom. The Morgan fingerprint density at radius 1 is 0.880 bits per heavy atom. The first kappa shape index (κ1) is 19.1. The maximum Gasteiger partial charge on any atom is 0.119 e. The number of unbranched alkanes of at least 4 members (excludes halogenated alkanes) is 1. The first-order valence-electron chi connectivity index (χ1n) is 8.92. The fourth-order valence-electron chi connectivity index (χ4n) is 2.77. The van der Waals surface area contributed by atoms with E-state index >= 15 is 0 Å². The number of phenolic OH excluding ortho intramolecular Hbond substituents is 2. The minimum atomic E-state index is -0.201. The Kier molecular flexibility index (Phi) is 7.08. The summed E-state index contributed by atoms with van der Waals surface area (Å²) in [6.07, 6.45) is 7.60. The van der Waals surface area contributed by atoms with Gasteiger partial charge in [-0.05, 0) is 54.0 Å². The summed E-state index contributed by atoms with van der Waals surface area (Å²) >= 11 is 0. The van der Waals surface area contributed by atoms with Crippen molar-refractivity contribution >= 4 is 12.2 Å². The molecule has 2 aromatic carbocycles. The van der Waals surface area contributed by atoms with Gasteiger partial charge in [0, 0.05) is 6.07 Å². The molecule has 0 aromatic heterocycles. The van der Waals surface area contributed by atoms with Crippen LogP contribution in [0.4, 0.5) is 0 Å². The molecular weight excluding hydrogens is 312 g/mol. The number of rotatable bonds is 8. The highest BCUT2D eigenvalue weighted by atomic mass is 16.3. The number of aliphatic hydroxyl groups is 1. The van der Waals surface area contributed by atoms with E-state index in [1.54, 1.807) is 12.1 Å². The molecule has 0 amide bonds. The smallest absolute Gasteiger partial charge is 0.119 e. The number of phenols is 2. The van der Waals surface area contributed by atoms with E-state index in [2.05, 4.69) is 12.1 Å². The number of aryl methyl sites for hydroxylation is 1. The summed E-state index contributed by atoms with van der Waals surface area (Å²) in [5.41, 5.74) is 3.12. The second-order valence-corrected chi connectivity index (χ2v) is 6.92. The fourth-order valence-corrected chi connectivity index (χ4v) is 2.77. The third kappa shape index (κ3) is 6.63. The van der Waals surface area contributed by atoms with E-state index in [0.717, 1.165) is 36.8 Å². The van der Waals surface area contributed by atoms with Crippen molar-refractivity contribution in [2.75, 3.05) is 0 Å². The van der Waals surface area contributed by atoms with Crippen molar-refractivity contribution in [1.29, 1.82) is 0 Å². The minimum absolute atomic E-state index is 0.0528. The van der Waals surface area contributed by atoms with Crippen LogP contribution in [0.3, 0.4) is 0 Å². The summed E-state index contributed by atoms with van der Waals surface area (Å²) in [5.74, 6) is 0.430. The molecule has 2 rings (SSSR count). The van der Waals surface area contributed by atoms with E-state index in [9.17, 15) is 15.3 Å². The van der Waals surface area contributed by atoms with Crippen LogP contribution in [0.5, 0.6) is 11.5 Å². The van der Waals surface area contributed by atoms with Crippen LogP contribution in [-0.4, -0.2) is 21.4 Å². The predicted molar refractivity (Wildman–Crippen MR) is 104 cm³/mol. The van der Waals surface area contributed by atoms with Crippen molar-refractivity contribution < 1.29 is 15.3 Å². The van der Waals surface area contributed by atoms with Gasteiger partial charge in [0.15, 0.2) is 0 Å². The molecule has 1 unspecified atom stereocenters. The first-order chi connectivity index (χ1) is 11.9. The van der Waals surface area contributed by atoms with Gasteiger partial charge in [0.1, 0.15) is 11.5 Å². The maximum atomic E-state index is 9.84. The molecule has 3 nitrogen and oxygen atoms in total. The van der Waals surface area contributed by atoms with Gasteiger partial charge < -0.3 is 15.3 Å². The molecule has 3 heteroatoms. The lowest BCUT2D eigenvalue weighted by atomic mass is 9.99. The molecule has 0 aliphatic rings. The van der Waals surface area contributed by atoms with Crippen LogP contribution < -0.4 is 0 Å². The van der Waals surface area contributed by atoms with Crippen LogP contribution in [0.15, 0.2) is 42.5 Å². The molecule has 0 fully saturated rings. The molecule has 25 heavy (non-hydrogen) atoms. The molecule has 0 aliphatic heterocycles. The third-order valence-corrected chi connectivity index (χ3v) is 4.33. The molecule has 0 aliphatic carbocycles. The molecule has 0 saturated heterocycles. The van der Waals surface area contributed by atoms with Crippen LogP contribution in [-0.2, 0) is 6.42 Å². The standard InChI is InChI=1S/C22H28O3/c1-16(2)22(25)9-4-3-6-17-7-5-8-18(12-17)10-11-19-13-20(23)15-21(24)14-19/h5,7-8,10-16,22-25H,3-4,6,9H2,1-2H3. The van der Waals surface area contributed by atoms with Crippen LogP contribution in [0.1, 0.15) is 49.8 Å². The second kappa shape index (κ2) is 9.28. The molecule has 2 aromatic rings. The molecule has 0 spiro atoms. The highest BCUT2D eigenvalue weighted by Gasteiger charge is 2.08. The normalized spacial score (nSPS) is 12.8. The summed E-state index contributed by atoms with van der Waals surface area (Å²) in [7, 11) is 0. The van der Waals surface area contributed by atoms with Crippen LogP contribution in [0.2, 0.25) is 0 Å². The van der Waals surface area contributed by atoms with Gasteiger partial charge in [-0.25, -0.2) is 0 Å². The molecule has 0 saturated carbocycles. The zero-order valence-electron chi connectivity index (χ0n) is 15.0. The summed E-state index contributed by atoms with van der Waals surface area (Å²) in [6.45, 7) is 4.10. The van der Waals surface area contributed by atoms with Gasteiger partial charge in [-0.1, -0.05) is 56.7 Å². The largest absolute Gasteiger partial charge is 0.508 e. The Hall–Kier alpha value is -2.26. The Morgan fingerprint density at radius 2 is 1.56 bits per heavy atom. The predicted octanol–water partition coefficient (Wildman–Crippen LogP) is 5.00. The Balaban J connectivity index is 1.91. The van der Waals surface area contributed by atoms with Crippen molar-refractivity contribution in [2.24, 2.45) is 5.92 Å². The lowest BCUT2D eigenvalue weighted by Gasteiger charge is -2.13. The zero-order chi connectivity index (χ0) is 18.2. The van der Waals surface area contributed by atoms with E-state index in [-0.39, 0.29) is 17.6 Å². The van der Waals surface area contributed by atoms with Crippen molar-refractivity contribution in [2.45, 2.75) is 45.6 Å². The van der Waals surface area contributed by atoms with Gasteiger partial charge >= 0.3 is 0 Å². The average molecular weight is 340 g/mol. The second-order valence-electron chi connectivity index (χ2n) is 6.92. The van der Waals surface area contributed by atoms with Gasteiger partial charge in [0.25, 0.3) is 0 Å². The molecule has 0 radical (unpaired) electrons. The van der Waals surface area contributed by atoms with Crippen LogP contribution in [0.25, 0.3) is 12.2 Å². The number of benzene rings is 2. The molecule has 3 N–H and O–H groups in total. The van der Waals surface area contributed by atoms with Crippen molar-refractivity contribution in [3.05, 3.63) is 59.2 Å². The van der Waals surface area contributed by atoms with E-state index in [1.807, 2.05) is 38.1 Å². The van der Waals surface area contributed by atoms with E-state index < -0.39 is 0 Å². The molecule has 0 heterocycles. The van der Waals surface area contributed by atoms with Gasteiger partial charge in [0.05, 0.1) is 6.10 Å². The SMILES string of the molecule is CC(C)C(O)CCCCc1cccc(C=Cc2cc(O)cc(O)c2)c1. The monoisotopic (exact) mass is 340 g/mol. The van der Waals surface area contributed by atoms with Gasteiger partial charge in [0.2, 0.25) is 0 Å². The van der Waals surface area contributed by atoms with Gasteiger partial charge in [-0.2, -0.15) is 0 Å². The lowest BCUT2D eigenvalue weighted by molar-refractivity contribution is 0.113. The van der Waals surface area contributed by atoms with E-state index in [4.69, 9.17) is 0 Å². The minimum Gasteiger partial charge on any atom is -0.508 e. The van der Waals surface area contributed by atoms with E-state index in [0.29, 0.717) is 5.92 Å². The molecule has 0 bridgehead atoms. The maximum absolute atomic E-state index is 9.84. The van der Waals surface area contributed by atoms with Gasteiger partial charge in [-0.15, -0.1) is 0 Å². The van der Waals surface area contributed by atoms with Crippen molar-refractivity contribution in [1.82, 2.24) is 0 Å². The Labute approximate surface area is 150 Å². The average Bonchev–Trinajstić information content (AvgIpc) is 2.56. The Bertz CT molecular complexity index is 684. The summed E-state index contributed by atoms with van der Waals surface area (Å²) < 4.78 is 0. The number of aliphatic hydroxyl groups excluding tert-OH is 1. The topological polar surface area (TPSA) is 60.7 Å². The van der Waals surface area contributed by atoms with Crippen molar-refractivity contribution in [3.8, 4) is 11.5 Å². The highest BCUT2D eigenvalue weighted by molar-refractivity contribution is 5.71. The lowest BCUT2D eigenvalue weighted by Crippen LogP contribution is -2.14. The summed E-state index contributed by atoms with van der Waals surface area (Å²) in [6, 6.07) is 12.9. The highest BCUT2D eigenvalue weighted by Crippen LogP contribution is 2.22. The fraction of sp³-hybridized carbons (Fsp3) is 0.364.